The summed E-state index contributed by atoms with van der Waals surface area (Å²) < 4.78 is 50.6. The Kier molecular flexibility index (Phi) is 7.85. The Balaban J connectivity index is 1.64. The van der Waals surface area contributed by atoms with E-state index in [1.807, 2.05) is 0 Å². The van der Waals surface area contributed by atoms with Gasteiger partial charge in [0.2, 0.25) is 15.0 Å². The van der Waals surface area contributed by atoms with Crippen LogP contribution in [-0.4, -0.2) is 62.0 Å². The van der Waals surface area contributed by atoms with E-state index in [1.165, 1.54) is 12.1 Å². The van der Waals surface area contributed by atoms with E-state index in [9.17, 15) is 12.8 Å². The summed E-state index contributed by atoms with van der Waals surface area (Å²) in [5.74, 6) is 0.766. The summed E-state index contributed by atoms with van der Waals surface area (Å²) in [6.45, 7) is 5.49. The quantitative estimate of drug-likeness (QED) is 0.567. The number of nitrogens with zero attached hydrogens (tertiary/aromatic N) is 3. The summed E-state index contributed by atoms with van der Waals surface area (Å²) in [7, 11) is -1.80. The third kappa shape index (κ3) is 5.80. The van der Waals surface area contributed by atoms with E-state index >= 15 is 0 Å². The number of rotatable bonds is 10. The van der Waals surface area contributed by atoms with E-state index in [2.05, 4.69) is 9.88 Å². The Labute approximate surface area is 177 Å². The standard InChI is InChI=1S/C21H30FN3O4S/c1-3-30(26,27)21-23-13-19(25(21)11-12-28-2)15-24-10-4-5-17(14-24)16-29-20-8-6-18(22)7-9-20/h6-9,13,17H,3-5,10-12,14-16H2,1-2H3/t17-/m1/s1. The van der Waals surface area contributed by atoms with Crippen molar-refractivity contribution in [1.29, 1.82) is 0 Å². The van der Waals surface area contributed by atoms with Gasteiger partial charge in [-0.2, -0.15) is 0 Å². The molecular weight excluding hydrogens is 409 g/mol. The molecule has 0 bridgehead atoms. The smallest absolute Gasteiger partial charge is 0.227 e. The molecule has 7 nitrogen and oxygen atoms in total. The molecule has 0 unspecified atom stereocenters. The second kappa shape index (κ2) is 10.4. The predicted octanol–water partition coefficient (Wildman–Crippen LogP) is 2.75. The van der Waals surface area contributed by atoms with Crippen LogP contribution in [0.25, 0.3) is 0 Å². The van der Waals surface area contributed by atoms with Crippen molar-refractivity contribution in [1.82, 2.24) is 14.5 Å². The lowest BCUT2D eigenvalue weighted by Crippen LogP contribution is -2.37. The molecule has 1 aromatic carbocycles. The predicted molar refractivity (Wildman–Crippen MR) is 112 cm³/mol. The molecule has 30 heavy (non-hydrogen) atoms. The van der Waals surface area contributed by atoms with Gasteiger partial charge in [0.05, 0.1) is 30.9 Å². The second-order valence-electron chi connectivity index (χ2n) is 7.59. The summed E-state index contributed by atoms with van der Waals surface area (Å²) in [5.41, 5.74) is 0.874. The highest BCUT2D eigenvalue weighted by Crippen LogP contribution is 2.22. The molecule has 166 valence electrons. The Bertz CT molecular complexity index is 915. The highest BCUT2D eigenvalue weighted by atomic mass is 32.2. The zero-order valence-electron chi connectivity index (χ0n) is 17.6. The molecule has 1 aliphatic heterocycles. The van der Waals surface area contributed by atoms with Gasteiger partial charge in [-0.15, -0.1) is 0 Å². The number of hydrogen-bond acceptors (Lipinski definition) is 6. The molecule has 0 aliphatic carbocycles. The third-order valence-electron chi connectivity index (χ3n) is 5.37. The molecule has 1 aliphatic rings. The molecule has 1 fully saturated rings. The van der Waals surface area contributed by atoms with E-state index < -0.39 is 9.84 Å². The van der Waals surface area contributed by atoms with Gasteiger partial charge in [0.15, 0.2) is 0 Å². The normalized spacial score (nSPS) is 17.9. The first-order valence-corrected chi connectivity index (χ1v) is 11.9. The number of sulfone groups is 1. The topological polar surface area (TPSA) is 73.7 Å². The molecule has 1 aromatic heterocycles. The van der Waals surface area contributed by atoms with Gasteiger partial charge in [-0.05, 0) is 43.7 Å². The number of ether oxygens (including phenoxy) is 2. The van der Waals surface area contributed by atoms with Gasteiger partial charge >= 0.3 is 0 Å². The van der Waals surface area contributed by atoms with Gasteiger partial charge < -0.3 is 14.0 Å². The number of halogens is 1. The van der Waals surface area contributed by atoms with Crippen LogP contribution in [0, 0.1) is 11.7 Å². The van der Waals surface area contributed by atoms with Crippen molar-refractivity contribution >= 4 is 9.84 Å². The second-order valence-corrected chi connectivity index (χ2v) is 9.76. The van der Waals surface area contributed by atoms with Gasteiger partial charge in [-0.1, -0.05) is 6.92 Å². The maximum Gasteiger partial charge on any atom is 0.227 e. The Morgan fingerprint density at radius 1 is 1.27 bits per heavy atom. The minimum Gasteiger partial charge on any atom is -0.493 e. The maximum absolute atomic E-state index is 13.0. The number of aromatic nitrogens is 2. The van der Waals surface area contributed by atoms with E-state index in [0.29, 0.717) is 38.0 Å². The molecule has 0 saturated carbocycles. The average molecular weight is 440 g/mol. The van der Waals surface area contributed by atoms with Crippen molar-refractivity contribution in [3.05, 3.63) is 42.0 Å². The summed E-state index contributed by atoms with van der Waals surface area (Å²) >= 11 is 0. The Morgan fingerprint density at radius 2 is 2.03 bits per heavy atom. The molecule has 1 atom stereocenters. The van der Waals surface area contributed by atoms with Crippen LogP contribution in [0.4, 0.5) is 4.39 Å². The molecule has 9 heteroatoms. The number of benzene rings is 1. The van der Waals surface area contributed by atoms with Gasteiger partial charge in [0.25, 0.3) is 0 Å². The number of imidazole rings is 1. The largest absolute Gasteiger partial charge is 0.493 e. The van der Waals surface area contributed by atoms with Gasteiger partial charge in [-0.25, -0.2) is 17.8 Å². The fourth-order valence-corrected chi connectivity index (χ4v) is 4.74. The summed E-state index contributed by atoms with van der Waals surface area (Å²) in [5, 5.41) is 0.116. The average Bonchev–Trinajstić information content (AvgIpc) is 3.15. The fraction of sp³-hybridized carbons (Fsp3) is 0.571. The molecule has 0 N–H and O–H groups in total. The summed E-state index contributed by atoms with van der Waals surface area (Å²) in [6.07, 6.45) is 3.77. The van der Waals surface area contributed by atoms with Crippen LogP contribution < -0.4 is 4.74 Å². The van der Waals surface area contributed by atoms with Crippen LogP contribution in [0.1, 0.15) is 25.5 Å². The third-order valence-corrected chi connectivity index (χ3v) is 7.01. The van der Waals surface area contributed by atoms with Crippen LogP contribution in [-0.2, 0) is 27.7 Å². The number of likely N-dealkylation sites (tertiary alicyclic amines) is 1. The molecular formula is C21H30FN3O4S. The molecule has 0 radical (unpaired) electrons. The van der Waals surface area contributed by atoms with Crippen molar-refractivity contribution < 1.29 is 22.3 Å². The van der Waals surface area contributed by atoms with Gasteiger partial charge in [0.1, 0.15) is 11.6 Å². The summed E-state index contributed by atoms with van der Waals surface area (Å²) in [6, 6.07) is 6.07. The SMILES string of the molecule is CCS(=O)(=O)c1ncc(CN2CCC[C@@H](COc3ccc(F)cc3)C2)n1CCOC. The van der Waals surface area contributed by atoms with Crippen LogP contribution in [0.5, 0.6) is 5.75 Å². The van der Waals surface area contributed by atoms with Crippen LogP contribution in [0.3, 0.4) is 0 Å². The first-order chi connectivity index (χ1) is 14.4. The fourth-order valence-electron chi connectivity index (χ4n) is 3.72. The van der Waals surface area contributed by atoms with Crippen LogP contribution in [0.15, 0.2) is 35.6 Å². The monoisotopic (exact) mass is 439 g/mol. The zero-order valence-corrected chi connectivity index (χ0v) is 18.4. The van der Waals surface area contributed by atoms with Gasteiger partial charge in [-0.3, -0.25) is 4.90 Å². The lowest BCUT2D eigenvalue weighted by molar-refractivity contribution is 0.121. The van der Waals surface area contributed by atoms with Crippen molar-refractivity contribution in [2.75, 3.05) is 39.2 Å². The first kappa shape index (κ1) is 22.7. The number of methoxy groups -OCH3 is 1. The summed E-state index contributed by atoms with van der Waals surface area (Å²) in [4.78, 5) is 6.53. The van der Waals surface area contributed by atoms with Crippen molar-refractivity contribution in [2.45, 2.75) is 38.0 Å². The number of piperidine rings is 1. The van der Waals surface area contributed by atoms with E-state index in [-0.39, 0.29) is 16.7 Å². The Hall–Kier alpha value is -1.97. The van der Waals surface area contributed by atoms with Crippen molar-refractivity contribution in [3.8, 4) is 5.75 Å². The lowest BCUT2D eigenvalue weighted by Gasteiger charge is -2.32. The maximum atomic E-state index is 13.0. The van der Waals surface area contributed by atoms with Gasteiger partial charge in [0, 0.05) is 32.7 Å². The molecule has 1 saturated heterocycles. The molecule has 2 aromatic rings. The molecule has 3 rings (SSSR count). The van der Waals surface area contributed by atoms with Crippen LogP contribution >= 0.6 is 0 Å². The number of hydrogen-bond donors (Lipinski definition) is 0. The van der Waals surface area contributed by atoms with Crippen molar-refractivity contribution in [2.24, 2.45) is 5.92 Å². The molecule has 0 amide bonds. The van der Waals surface area contributed by atoms with Crippen LogP contribution in [0.2, 0.25) is 0 Å². The highest BCUT2D eigenvalue weighted by Gasteiger charge is 2.25. The molecule has 2 heterocycles. The van der Waals surface area contributed by atoms with E-state index in [1.54, 1.807) is 36.9 Å². The zero-order chi connectivity index (χ0) is 21.6. The van der Waals surface area contributed by atoms with E-state index in [0.717, 1.165) is 31.6 Å². The van der Waals surface area contributed by atoms with Crippen molar-refractivity contribution in [3.63, 3.8) is 0 Å². The first-order valence-electron chi connectivity index (χ1n) is 10.3. The minimum absolute atomic E-state index is 0.0168. The molecule has 0 spiro atoms. The highest BCUT2D eigenvalue weighted by molar-refractivity contribution is 7.91. The lowest BCUT2D eigenvalue weighted by atomic mass is 9.99. The van der Waals surface area contributed by atoms with E-state index in [4.69, 9.17) is 9.47 Å². The minimum atomic E-state index is -3.40. The Morgan fingerprint density at radius 3 is 2.73 bits per heavy atom.